The van der Waals surface area contributed by atoms with Gasteiger partial charge < -0.3 is 10.2 Å². The van der Waals surface area contributed by atoms with E-state index in [-0.39, 0.29) is 17.9 Å². The van der Waals surface area contributed by atoms with E-state index in [1.54, 1.807) is 4.90 Å². The fraction of sp³-hybridized carbons (Fsp3) is 0.300. The molecule has 2 aromatic carbocycles. The second-order valence-electron chi connectivity index (χ2n) is 6.55. The molecule has 0 aromatic heterocycles. The summed E-state index contributed by atoms with van der Waals surface area (Å²) in [6.07, 6.45) is 1.45. The molecule has 1 saturated heterocycles. The quantitative estimate of drug-likeness (QED) is 0.743. The summed E-state index contributed by atoms with van der Waals surface area (Å²) in [5.74, 6) is 0.110. The normalized spacial score (nSPS) is 22.2. The lowest BCUT2D eigenvalue weighted by Gasteiger charge is -2.26. The van der Waals surface area contributed by atoms with Gasteiger partial charge in [0.05, 0.1) is 6.04 Å². The Labute approximate surface area is 165 Å². The van der Waals surface area contributed by atoms with Gasteiger partial charge in [-0.15, -0.1) is 11.8 Å². The van der Waals surface area contributed by atoms with Crippen LogP contribution in [0.5, 0.6) is 0 Å². The topological polar surface area (TPSA) is 49.4 Å². The molecule has 2 heterocycles. The van der Waals surface area contributed by atoms with E-state index in [1.165, 1.54) is 4.90 Å². The first-order valence-corrected chi connectivity index (χ1v) is 10.5. The molecule has 0 radical (unpaired) electrons. The predicted molar refractivity (Wildman–Crippen MR) is 107 cm³/mol. The summed E-state index contributed by atoms with van der Waals surface area (Å²) in [6.45, 7) is 0.574. The number of nitrogens with zero attached hydrogens (tertiary/aromatic N) is 1. The van der Waals surface area contributed by atoms with Crippen molar-refractivity contribution in [3.8, 4) is 0 Å². The van der Waals surface area contributed by atoms with Crippen LogP contribution in [-0.2, 0) is 9.59 Å². The number of rotatable bonds is 3. The molecule has 2 aliphatic rings. The summed E-state index contributed by atoms with van der Waals surface area (Å²) in [7, 11) is 0. The van der Waals surface area contributed by atoms with Gasteiger partial charge in [-0.2, -0.15) is 0 Å². The Morgan fingerprint density at radius 2 is 2.00 bits per heavy atom. The van der Waals surface area contributed by atoms with Crippen molar-refractivity contribution in [2.24, 2.45) is 5.92 Å². The monoisotopic (exact) mass is 430 g/mol. The molecule has 4 nitrogen and oxygen atoms in total. The van der Waals surface area contributed by atoms with E-state index in [1.807, 2.05) is 48.2 Å². The zero-order chi connectivity index (χ0) is 18.1. The Balaban J connectivity index is 1.47. The number of nitrogens with one attached hydrogen (secondary N) is 1. The number of hydrogen-bond donors (Lipinski definition) is 1. The molecule has 0 unspecified atom stereocenters. The van der Waals surface area contributed by atoms with Crippen molar-refractivity contribution >= 4 is 45.2 Å². The maximum atomic E-state index is 12.8. The average molecular weight is 431 g/mol. The highest BCUT2D eigenvalue weighted by Crippen LogP contribution is 2.36. The molecule has 134 valence electrons. The Morgan fingerprint density at radius 1 is 1.15 bits per heavy atom. The van der Waals surface area contributed by atoms with Crippen LogP contribution >= 0.6 is 27.7 Å². The molecule has 0 aliphatic carbocycles. The predicted octanol–water partition coefficient (Wildman–Crippen LogP) is 4.16. The van der Waals surface area contributed by atoms with Crippen LogP contribution < -0.4 is 10.2 Å². The highest BCUT2D eigenvalue weighted by atomic mass is 79.9. The maximum Gasteiger partial charge on any atom is 0.239 e. The second-order valence-corrected chi connectivity index (χ2v) is 8.60. The van der Waals surface area contributed by atoms with Crippen molar-refractivity contribution in [1.29, 1.82) is 0 Å². The zero-order valence-electron chi connectivity index (χ0n) is 14.2. The molecule has 2 atom stereocenters. The first-order chi connectivity index (χ1) is 12.6. The van der Waals surface area contributed by atoms with Gasteiger partial charge in [-0.1, -0.05) is 40.2 Å². The van der Waals surface area contributed by atoms with E-state index in [4.69, 9.17) is 0 Å². The van der Waals surface area contributed by atoms with Crippen molar-refractivity contribution in [2.75, 3.05) is 17.2 Å². The van der Waals surface area contributed by atoms with Crippen molar-refractivity contribution in [2.45, 2.75) is 23.8 Å². The van der Waals surface area contributed by atoms with Crippen LogP contribution in [0.1, 0.15) is 24.4 Å². The van der Waals surface area contributed by atoms with Crippen molar-refractivity contribution in [1.82, 2.24) is 5.32 Å². The Hall–Kier alpha value is -1.79. The van der Waals surface area contributed by atoms with Crippen LogP contribution in [0.15, 0.2) is 57.9 Å². The van der Waals surface area contributed by atoms with E-state index in [2.05, 4.69) is 33.4 Å². The number of halogens is 1. The molecule has 2 aromatic rings. The minimum atomic E-state index is -0.601. The highest BCUT2D eigenvalue weighted by molar-refractivity contribution is 9.10. The molecule has 26 heavy (non-hydrogen) atoms. The van der Waals surface area contributed by atoms with Gasteiger partial charge in [-0.3, -0.25) is 9.59 Å². The standard InChI is InChI=1S/C20H19BrN2O2S/c21-13-4-3-5-14(12-13)23-10-8-16(20(23)25)19(24)22-17-9-11-26-18-7-2-1-6-15(17)18/h1-7,12,16-17H,8-11H2,(H,22,24)/t16-,17-/m0/s1. The van der Waals surface area contributed by atoms with Crippen LogP contribution in [0, 0.1) is 5.92 Å². The number of benzene rings is 2. The van der Waals surface area contributed by atoms with Crippen LogP contribution in [-0.4, -0.2) is 24.1 Å². The number of anilines is 1. The minimum absolute atomic E-state index is 0.00679. The zero-order valence-corrected chi connectivity index (χ0v) is 16.6. The molecule has 1 fully saturated rings. The van der Waals surface area contributed by atoms with E-state index in [0.29, 0.717) is 13.0 Å². The first-order valence-electron chi connectivity index (χ1n) is 8.72. The smallest absolute Gasteiger partial charge is 0.239 e. The number of thioether (sulfide) groups is 1. The van der Waals surface area contributed by atoms with Crippen molar-refractivity contribution in [3.63, 3.8) is 0 Å². The summed E-state index contributed by atoms with van der Waals surface area (Å²) < 4.78 is 0.923. The fourth-order valence-electron chi connectivity index (χ4n) is 3.59. The summed E-state index contributed by atoms with van der Waals surface area (Å²) >= 11 is 5.26. The van der Waals surface area contributed by atoms with Gasteiger partial charge in [0.15, 0.2) is 0 Å². The van der Waals surface area contributed by atoms with Gasteiger partial charge in [0.2, 0.25) is 11.8 Å². The number of hydrogen-bond acceptors (Lipinski definition) is 3. The molecule has 0 bridgehead atoms. The van der Waals surface area contributed by atoms with E-state index in [0.717, 1.165) is 27.9 Å². The lowest BCUT2D eigenvalue weighted by molar-refractivity contribution is -0.132. The molecule has 0 saturated carbocycles. The van der Waals surface area contributed by atoms with Crippen LogP contribution in [0.2, 0.25) is 0 Å². The summed E-state index contributed by atoms with van der Waals surface area (Å²) in [4.78, 5) is 28.5. The summed E-state index contributed by atoms with van der Waals surface area (Å²) in [5.41, 5.74) is 1.99. The third-order valence-corrected chi connectivity index (χ3v) is 6.53. The van der Waals surface area contributed by atoms with Gasteiger partial charge in [-0.25, -0.2) is 0 Å². The van der Waals surface area contributed by atoms with Crippen LogP contribution in [0.25, 0.3) is 0 Å². The number of amides is 2. The van der Waals surface area contributed by atoms with Crippen molar-refractivity contribution < 1.29 is 9.59 Å². The van der Waals surface area contributed by atoms with Gasteiger partial charge >= 0.3 is 0 Å². The average Bonchev–Trinajstić information content (AvgIpc) is 3.03. The third kappa shape index (κ3) is 3.40. The Kier molecular flexibility index (Phi) is 5.05. The molecular weight excluding hydrogens is 412 g/mol. The lowest BCUT2D eigenvalue weighted by Crippen LogP contribution is -2.39. The lowest BCUT2D eigenvalue weighted by atomic mass is 10.0. The minimum Gasteiger partial charge on any atom is -0.349 e. The maximum absolute atomic E-state index is 12.8. The van der Waals surface area contributed by atoms with Gasteiger partial charge in [0.1, 0.15) is 5.92 Å². The van der Waals surface area contributed by atoms with E-state index < -0.39 is 5.92 Å². The first kappa shape index (κ1) is 17.6. The summed E-state index contributed by atoms with van der Waals surface area (Å²) in [6, 6.07) is 15.8. The molecule has 1 N–H and O–H groups in total. The third-order valence-electron chi connectivity index (χ3n) is 4.92. The van der Waals surface area contributed by atoms with E-state index in [9.17, 15) is 9.59 Å². The molecule has 0 spiro atoms. The highest BCUT2D eigenvalue weighted by Gasteiger charge is 2.38. The van der Waals surface area contributed by atoms with Gasteiger partial charge in [0, 0.05) is 27.4 Å². The SMILES string of the molecule is O=C(N[C@H]1CCSc2ccccc21)[C@@H]1CCN(c2cccc(Br)c2)C1=O. The van der Waals surface area contributed by atoms with Crippen molar-refractivity contribution in [3.05, 3.63) is 58.6 Å². The Morgan fingerprint density at radius 3 is 2.85 bits per heavy atom. The summed E-state index contributed by atoms with van der Waals surface area (Å²) in [5, 5.41) is 3.12. The number of fused-ring (bicyclic) bond motifs is 1. The number of carbonyl (C=O) groups excluding carboxylic acids is 2. The van der Waals surface area contributed by atoms with Crippen LogP contribution in [0.4, 0.5) is 5.69 Å². The largest absolute Gasteiger partial charge is 0.349 e. The Bertz CT molecular complexity index is 857. The second kappa shape index (κ2) is 7.45. The van der Waals surface area contributed by atoms with E-state index >= 15 is 0 Å². The fourth-order valence-corrected chi connectivity index (χ4v) is 5.10. The molecular formula is C20H19BrN2O2S. The van der Waals surface area contributed by atoms with Crippen LogP contribution in [0.3, 0.4) is 0 Å². The van der Waals surface area contributed by atoms with Gasteiger partial charge in [-0.05, 0) is 42.7 Å². The number of carbonyl (C=O) groups is 2. The molecule has 2 aliphatic heterocycles. The van der Waals surface area contributed by atoms with Gasteiger partial charge in [0.25, 0.3) is 0 Å². The molecule has 2 amide bonds. The molecule has 4 rings (SSSR count). The molecule has 6 heteroatoms.